The molecule has 2 aromatic rings. The molecule has 1 aromatic heterocycles. The van der Waals surface area contributed by atoms with Crippen LogP contribution in [0.2, 0.25) is 0 Å². The van der Waals surface area contributed by atoms with Crippen LogP contribution in [-0.4, -0.2) is 27.9 Å². The quantitative estimate of drug-likeness (QED) is 0.860. The summed E-state index contributed by atoms with van der Waals surface area (Å²) in [4.78, 5) is 11.1. The first-order valence-electron chi connectivity index (χ1n) is 5.75. The number of hydrogen-bond donors (Lipinski definition) is 2. The molecule has 2 rings (SSSR count). The van der Waals surface area contributed by atoms with Crippen LogP contribution in [-0.2, 0) is 0 Å². The first kappa shape index (κ1) is 13.1. The zero-order valence-electron chi connectivity index (χ0n) is 10.7. The molecule has 0 spiro atoms. The molecule has 0 saturated carbocycles. The van der Waals surface area contributed by atoms with E-state index in [-0.39, 0.29) is 5.69 Å². The van der Waals surface area contributed by atoms with Gasteiger partial charge in [-0.15, -0.1) is 0 Å². The highest BCUT2D eigenvalue weighted by Gasteiger charge is 2.16. The van der Waals surface area contributed by atoms with E-state index < -0.39 is 12.0 Å². The standard InChI is InChI=1S/C13H15N3O3/c1-8(17)12-10(4-3-5-11(12)19-2)16-7-6-9(15-16)13(14)18/h3-8,17H,1-2H3,(H2,14,18)/t8-/m0/s1. The predicted molar refractivity (Wildman–Crippen MR) is 69.3 cm³/mol. The lowest BCUT2D eigenvalue weighted by Crippen LogP contribution is -2.13. The fourth-order valence-corrected chi connectivity index (χ4v) is 1.92. The highest BCUT2D eigenvalue weighted by molar-refractivity contribution is 5.90. The Hall–Kier alpha value is -2.34. The van der Waals surface area contributed by atoms with Crippen molar-refractivity contribution in [3.63, 3.8) is 0 Å². The number of carbonyl (C=O) groups is 1. The maximum Gasteiger partial charge on any atom is 0.269 e. The number of aliphatic hydroxyl groups is 1. The van der Waals surface area contributed by atoms with Gasteiger partial charge in [0.25, 0.3) is 5.91 Å². The summed E-state index contributed by atoms with van der Waals surface area (Å²) < 4.78 is 6.72. The molecule has 100 valence electrons. The Balaban J connectivity index is 2.57. The number of hydrogen-bond acceptors (Lipinski definition) is 4. The number of aromatic nitrogens is 2. The third-order valence-corrected chi connectivity index (χ3v) is 2.77. The van der Waals surface area contributed by atoms with E-state index in [0.29, 0.717) is 17.0 Å². The van der Waals surface area contributed by atoms with Gasteiger partial charge in [0.05, 0.1) is 18.9 Å². The third kappa shape index (κ3) is 2.43. The Morgan fingerprint density at radius 3 is 2.74 bits per heavy atom. The van der Waals surface area contributed by atoms with Crippen molar-refractivity contribution in [3.8, 4) is 11.4 Å². The van der Waals surface area contributed by atoms with Gasteiger partial charge in [0.1, 0.15) is 11.4 Å². The summed E-state index contributed by atoms with van der Waals surface area (Å²) in [6.07, 6.45) is 0.883. The van der Waals surface area contributed by atoms with E-state index in [1.165, 1.54) is 17.9 Å². The van der Waals surface area contributed by atoms with Gasteiger partial charge in [-0.25, -0.2) is 4.68 Å². The Labute approximate surface area is 110 Å². The zero-order valence-corrected chi connectivity index (χ0v) is 10.7. The molecule has 0 radical (unpaired) electrons. The average molecular weight is 261 g/mol. The first-order chi connectivity index (χ1) is 9.04. The molecule has 19 heavy (non-hydrogen) atoms. The summed E-state index contributed by atoms with van der Waals surface area (Å²) in [6, 6.07) is 6.84. The number of primary amides is 1. The van der Waals surface area contributed by atoms with Crippen molar-refractivity contribution in [2.45, 2.75) is 13.0 Å². The van der Waals surface area contributed by atoms with E-state index in [9.17, 15) is 9.90 Å². The Bertz CT molecular complexity index is 605. The smallest absolute Gasteiger partial charge is 0.269 e. The van der Waals surface area contributed by atoms with Gasteiger partial charge >= 0.3 is 0 Å². The zero-order chi connectivity index (χ0) is 14.0. The van der Waals surface area contributed by atoms with Crippen molar-refractivity contribution in [1.29, 1.82) is 0 Å². The van der Waals surface area contributed by atoms with Crippen molar-refractivity contribution in [2.24, 2.45) is 5.73 Å². The number of aliphatic hydroxyl groups excluding tert-OH is 1. The molecule has 0 fully saturated rings. The van der Waals surface area contributed by atoms with Gasteiger partial charge in [-0.1, -0.05) is 6.07 Å². The van der Waals surface area contributed by atoms with Crippen LogP contribution in [0.1, 0.15) is 29.1 Å². The number of rotatable bonds is 4. The normalized spacial score (nSPS) is 12.2. The number of benzene rings is 1. The number of carbonyl (C=O) groups excluding carboxylic acids is 1. The van der Waals surface area contributed by atoms with E-state index in [4.69, 9.17) is 10.5 Å². The minimum Gasteiger partial charge on any atom is -0.496 e. The second kappa shape index (κ2) is 5.11. The molecule has 6 heteroatoms. The SMILES string of the molecule is COc1cccc(-n2ccc(C(N)=O)n2)c1[C@H](C)O. The van der Waals surface area contributed by atoms with Crippen LogP contribution < -0.4 is 10.5 Å². The molecule has 1 amide bonds. The largest absolute Gasteiger partial charge is 0.496 e. The van der Waals surface area contributed by atoms with Crippen molar-refractivity contribution < 1.29 is 14.6 Å². The Kier molecular flexibility index (Phi) is 3.52. The van der Waals surface area contributed by atoms with Crippen LogP contribution in [0.4, 0.5) is 0 Å². The summed E-state index contributed by atoms with van der Waals surface area (Å²) >= 11 is 0. The molecule has 0 unspecified atom stereocenters. The lowest BCUT2D eigenvalue weighted by atomic mass is 10.1. The molecule has 0 bridgehead atoms. The maximum atomic E-state index is 11.1. The molecule has 0 aliphatic rings. The lowest BCUT2D eigenvalue weighted by molar-refractivity contribution is 0.0995. The summed E-state index contributed by atoms with van der Waals surface area (Å²) in [6.45, 7) is 1.64. The summed E-state index contributed by atoms with van der Waals surface area (Å²) in [7, 11) is 1.53. The van der Waals surface area contributed by atoms with Gasteiger partial charge in [0.2, 0.25) is 0 Å². The monoisotopic (exact) mass is 261 g/mol. The predicted octanol–water partition coefficient (Wildman–Crippen LogP) is 1.03. The van der Waals surface area contributed by atoms with Gasteiger partial charge in [-0.05, 0) is 25.1 Å². The number of nitrogens with two attached hydrogens (primary N) is 1. The van der Waals surface area contributed by atoms with E-state index in [1.807, 2.05) is 0 Å². The third-order valence-electron chi connectivity index (χ3n) is 2.77. The van der Waals surface area contributed by atoms with E-state index in [1.54, 1.807) is 31.3 Å². The fourth-order valence-electron chi connectivity index (χ4n) is 1.92. The Morgan fingerprint density at radius 2 is 2.21 bits per heavy atom. The molecule has 1 atom stereocenters. The van der Waals surface area contributed by atoms with Gasteiger partial charge in [-0.3, -0.25) is 4.79 Å². The van der Waals surface area contributed by atoms with E-state index in [2.05, 4.69) is 5.10 Å². The van der Waals surface area contributed by atoms with Crippen molar-refractivity contribution in [3.05, 3.63) is 41.7 Å². The molecule has 6 nitrogen and oxygen atoms in total. The highest BCUT2D eigenvalue weighted by Crippen LogP contribution is 2.30. The van der Waals surface area contributed by atoms with Gasteiger partial charge in [0.15, 0.2) is 0 Å². The van der Waals surface area contributed by atoms with Crippen LogP contribution >= 0.6 is 0 Å². The molecular formula is C13H15N3O3. The number of amides is 1. The van der Waals surface area contributed by atoms with Crippen molar-refractivity contribution in [1.82, 2.24) is 9.78 Å². The summed E-state index contributed by atoms with van der Waals surface area (Å²) in [5.74, 6) is -0.0381. The second-order valence-corrected chi connectivity index (χ2v) is 4.08. The topological polar surface area (TPSA) is 90.4 Å². The molecular weight excluding hydrogens is 246 g/mol. The average Bonchev–Trinajstić information content (AvgIpc) is 2.87. The number of nitrogens with zero attached hydrogens (tertiary/aromatic N) is 2. The fraction of sp³-hybridized carbons (Fsp3) is 0.231. The number of methoxy groups -OCH3 is 1. The van der Waals surface area contributed by atoms with E-state index in [0.717, 1.165) is 0 Å². The Morgan fingerprint density at radius 1 is 1.47 bits per heavy atom. The minimum atomic E-state index is -0.729. The minimum absolute atomic E-state index is 0.166. The molecule has 0 aliphatic carbocycles. The van der Waals surface area contributed by atoms with Crippen LogP contribution in [0.5, 0.6) is 5.75 Å². The van der Waals surface area contributed by atoms with Gasteiger partial charge < -0.3 is 15.6 Å². The van der Waals surface area contributed by atoms with Crippen LogP contribution in [0.3, 0.4) is 0 Å². The lowest BCUT2D eigenvalue weighted by Gasteiger charge is -2.15. The van der Waals surface area contributed by atoms with Crippen LogP contribution in [0, 0.1) is 0 Å². The van der Waals surface area contributed by atoms with Crippen LogP contribution in [0.25, 0.3) is 5.69 Å². The summed E-state index contributed by atoms with van der Waals surface area (Å²) in [5.41, 5.74) is 6.58. The number of ether oxygens (including phenoxy) is 1. The van der Waals surface area contributed by atoms with Crippen LogP contribution in [0.15, 0.2) is 30.5 Å². The van der Waals surface area contributed by atoms with Gasteiger partial charge in [-0.2, -0.15) is 5.10 Å². The molecule has 0 aliphatic heterocycles. The maximum absolute atomic E-state index is 11.1. The highest BCUT2D eigenvalue weighted by atomic mass is 16.5. The van der Waals surface area contributed by atoms with Crippen molar-refractivity contribution >= 4 is 5.91 Å². The van der Waals surface area contributed by atoms with E-state index >= 15 is 0 Å². The molecule has 1 heterocycles. The van der Waals surface area contributed by atoms with Crippen molar-refractivity contribution in [2.75, 3.05) is 7.11 Å². The molecule has 0 saturated heterocycles. The first-order valence-corrected chi connectivity index (χ1v) is 5.75. The molecule has 3 N–H and O–H groups in total. The second-order valence-electron chi connectivity index (χ2n) is 4.08. The molecule has 1 aromatic carbocycles. The van der Waals surface area contributed by atoms with Gasteiger partial charge in [0, 0.05) is 11.8 Å². The summed E-state index contributed by atoms with van der Waals surface area (Å²) in [5, 5.41) is 14.0.